The van der Waals surface area contributed by atoms with E-state index >= 15 is 0 Å². The van der Waals surface area contributed by atoms with Gasteiger partial charge in [-0.15, -0.1) is 0 Å². The summed E-state index contributed by atoms with van der Waals surface area (Å²) in [6, 6.07) is 0. The lowest BCUT2D eigenvalue weighted by Crippen LogP contribution is -2.43. The molecular formula is C12H21NO4S. The quantitative estimate of drug-likeness (QED) is 0.750. The first kappa shape index (κ1) is 13.8. The molecule has 5 nitrogen and oxygen atoms in total. The van der Waals surface area contributed by atoms with Gasteiger partial charge in [0.2, 0.25) is 5.91 Å². The summed E-state index contributed by atoms with van der Waals surface area (Å²) < 4.78 is 28.3. The van der Waals surface area contributed by atoms with Crippen molar-refractivity contribution in [2.45, 2.75) is 32.3 Å². The summed E-state index contributed by atoms with van der Waals surface area (Å²) in [5, 5.41) is 0. The van der Waals surface area contributed by atoms with Gasteiger partial charge in [0.25, 0.3) is 0 Å². The standard InChI is InChI=1S/C12H21NO4S/c1-2-17-11-3-6-13(7-4-11)12(14)10-5-8-18(15,16)9-10/h10-11H,2-9H2,1H3. The SMILES string of the molecule is CCOC1CCN(C(=O)C2CCS(=O)(=O)C2)CC1. The number of amides is 1. The molecule has 2 fully saturated rings. The minimum absolute atomic E-state index is 0.0195. The zero-order valence-corrected chi connectivity index (χ0v) is 11.6. The lowest BCUT2D eigenvalue weighted by Gasteiger charge is -2.33. The second-order valence-corrected chi connectivity index (χ2v) is 7.31. The number of hydrogen-bond donors (Lipinski definition) is 0. The molecule has 2 aliphatic rings. The van der Waals surface area contributed by atoms with Crippen LogP contribution in [0.4, 0.5) is 0 Å². The van der Waals surface area contributed by atoms with Gasteiger partial charge in [-0.1, -0.05) is 0 Å². The molecule has 2 saturated heterocycles. The van der Waals surface area contributed by atoms with E-state index in [2.05, 4.69) is 0 Å². The van der Waals surface area contributed by atoms with E-state index in [-0.39, 0.29) is 29.4 Å². The number of likely N-dealkylation sites (tertiary alicyclic amines) is 1. The van der Waals surface area contributed by atoms with Crippen LogP contribution in [0.5, 0.6) is 0 Å². The van der Waals surface area contributed by atoms with Gasteiger partial charge in [-0.25, -0.2) is 8.42 Å². The maximum atomic E-state index is 12.2. The second kappa shape index (κ2) is 5.57. The maximum absolute atomic E-state index is 12.2. The predicted octanol–water partition coefficient (Wildman–Crippen LogP) is 0.449. The molecule has 6 heteroatoms. The van der Waals surface area contributed by atoms with E-state index in [0.717, 1.165) is 12.8 Å². The van der Waals surface area contributed by atoms with Crippen LogP contribution < -0.4 is 0 Å². The Morgan fingerprint density at radius 1 is 1.28 bits per heavy atom. The van der Waals surface area contributed by atoms with Crippen molar-refractivity contribution in [1.29, 1.82) is 0 Å². The predicted molar refractivity (Wildman–Crippen MR) is 68.0 cm³/mol. The molecule has 2 aliphatic heterocycles. The lowest BCUT2D eigenvalue weighted by atomic mass is 10.0. The number of carbonyl (C=O) groups is 1. The third-order valence-corrected chi connectivity index (χ3v) is 5.51. The van der Waals surface area contributed by atoms with Crippen molar-refractivity contribution in [2.24, 2.45) is 5.92 Å². The minimum atomic E-state index is -2.97. The summed E-state index contributed by atoms with van der Waals surface area (Å²) in [5.41, 5.74) is 0. The highest BCUT2D eigenvalue weighted by atomic mass is 32.2. The van der Waals surface area contributed by atoms with E-state index in [0.29, 0.717) is 26.1 Å². The molecular weight excluding hydrogens is 254 g/mol. The Morgan fingerprint density at radius 2 is 1.94 bits per heavy atom. The van der Waals surface area contributed by atoms with Crippen LogP contribution in [-0.2, 0) is 19.4 Å². The molecule has 104 valence electrons. The van der Waals surface area contributed by atoms with Crippen molar-refractivity contribution < 1.29 is 17.9 Å². The van der Waals surface area contributed by atoms with Crippen molar-refractivity contribution in [2.75, 3.05) is 31.2 Å². The number of sulfone groups is 1. The van der Waals surface area contributed by atoms with Crippen LogP contribution in [-0.4, -0.2) is 56.5 Å². The summed E-state index contributed by atoms with van der Waals surface area (Å²) in [6.45, 7) is 4.07. The zero-order chi connectivity index (χ0) is 13.2. The number of ether oxygens (including phenoxy) is 1. The Kier molecular flexibility index (Phi) is 4.27. The normalized spacial score (nSPS) is 28.5. The van der Waals surface area contributed by atoms with Crippen LogP contribution in [0.25, 0.3) is 0 Å². The molecule has 1 unspecified atom stereocenters. The summed E-state index contributed by atoms with van der Waals surface area (Å²) in [4.78, 5) is 14.0. The molecule has 0 radical (unpaired) electrons. The third kappa shape index (κ3) is 3.23. The molecule has 1 atom stereocenters. The van der Waals surface area contributed by atoms with Crippen LogP contribution in [0.3, 0.4) is 0 Å². The van der Waals surface area contributed by atoms with Gasteiger partial charge in [0, 0.05) is 19.7 Å². The van der Waals surface area contributed by atoms with Gasteiger partial charge in [0.15, 0.2) is 9.84 Å². The van der Waals surface area contributed by atoms with Crippen LogP contribution in [0.15, 0.2) is 0 Å². The minimum Gasteiger partial charge on any atom is -0.378 e. The molecule has 2 rings (SSSR count). The van der Waals surface area contributed by atoms with E-state index < -0.39 is 9.84 Å². The second-order valence-electron chi connectivity index (χ2n) is 5.08. The first-order valence-electron chi connectivity index (χ1n) is 6.62. The summed E-state index contributed by atoms with van der Waals surface area (Å²) in [6.07, 6.45) is 2.47. The Hall–Kier alpha value is -0.620. The van der Waals surface area contributed by atoms with Crippen LogP contribution in [0, 0.1) is 5.92 Å². The first-order valence-corrected chi connectivity index (χ1v) is 8.45. The average molecular weight is 275 g/mol. The third-order valence-electron chi connectivity index (χ3n) is 3.74. The highest BCUT2D eigenvalue weighted by molar-refractivity contribution is 7.91. The van der Waals surface area contributed by atoms with Gasteiger partial charge < -0.3 is 9.64 Å². The summed E-state index contributed by atoms with van der Waals surface area (Å²) >= 11 is 0. The fourth-order valence-electron chi connectivity index (χ4n) is 2.73. The summed E-state index contributed by atoms with van der Waals surface area (Å²) in [7, 11) is -2.97. The summed E-state index contributed by atoms with van der Waals surface area (Å²) in [5.74, 6) is -0.0829. The number of hydrogen-bond acceptors (Lipinski definition) is 4. The van der Waals surface area contributed by atoms with E-state index in [1.54, 1.807) is 4.90 Å². The van der Waals surface area contributed by atoms with Crippen LogP contribution in [0.2, 0.25) is 0 Å². The van der Waals surface area contributed by atoms with Crippen molar-refractivity contribution in [3.8, 4) is 0 Å². The van der Waals surface area contributed by atoms with E-state index in [1.165, 1.54) is 0 Å². The highest BCUT2D eigenvalue weighted by Crippen LogP contribution is 2.23. The Labute approximate surface area is 108 Å². The molecule has 0 aliphatic carbocycles. The molecule has 0 bridgehead atoms. The maximum Gasteiger partial charge on any atom is 0.226 e. The van der Waals surface area contributed by atoms with Crippen molar-refractivity contribution in [1.82, 2.24) is 4.90 Å². The molecule has 0 aromatic carbocycles. The van der Waals surface area contributed by atoms with Gasteiger partial charge in [-0.2, -0.15) is 0 Å². The molecule has 0 saturated carbocycles. The van der Waals surface area contributed by atoms with Crippen molar-refractivity contribution in [3.63, 3.8) is 0 Å². The van der Waals surface area contributed by atoms with Gasteiger partial charge in [0.1, 0.15) is 0 Å². The number of rotatable bonds is 3. The van der Waals surface area contributed by atoms with Crippen molar-refractivity contribution in [3.05, 3.63) is 0 Å². The van der Waals surface area contributed by atoms with E-state index in [9.17, 15) is 13.2 Å². The molecule has 1 amide bonds. The van der Waals surface area contributed by atoms with Gasteiger partial charge in [-0.3, -0.25) is 4.79 Å². The Balaban J connectivity index is 1.85. The number of nitrogens with zero attached hydrogens (tertiary/aromatic N) is 1. The Bertz CT molecular complexity index is 398. The number of carbonyl (C=O) groups excluding carboxylic acids is 1. The molecule has 18 heavy (non-hydrogen) atoms. The molecule has 2 heterocycles. The van der Waals surface area contributed by atoms with E-state index in [4.69, 9.17) is 4.74 Å². The smallest absolute Gasteiger partial charge is 0.226 e. The monoisotopic (exact) mass is 275 g/mol. The molecule has 0 N–H and O–H groups in total. The average Bonchev–Trinajstić information content (AvgIpc) is 2.70. The van der Waals surface area contributed by atoms with Gasteiger partial charge in [0.05, 0.1) is 23.5 Å². The Morgan fingerprint density at radius 3 is 2.44 bits per heavy atom. The highest BCUT2D eigenvalue weighted by Gasteiger charge is 2.36. The molecule has 0 spiro atoms. The van der Waals surface area contributed by atoms with E-state index in [1.807, 2.05) is 6.92 Å². The largest absolute Gasteiger partial charge is 0.378 e. The zero-order valence-electron chi connectivity index (χ0n) is 10.8. The van der Waals surface area contributed by atoms with Crippen molar-refractivity contribution >= 4 is 15.7 Å². The van der Waals surface area contributed by atoms with Crippen LogP contribution >= 0.6 is 0 Å². The van der Waals surface area contributed by atoms with Gasteiger partial charge >= 0.3 is 0 Å². The lowest BCUT2D eigenvalue weighted by molar-refractivity contribution is -0.137. The fourth-order valence-corrected chi connectivity index (χ4v) is 4.46. The number of piperidine rings is 1. The molecule has 0 aromatic heterocycles. The topological polar surface area (TPSA) is 63.7 Å². The fraction of sp³-hybridized carbons (Fsp3) is 0.917. The van der Waals surface area contributed by atoms with Gasteiger partial charge in [-0.05, 0) is 26.2 Å². The first-order chi connectivity index (χ1) is 8.52. The molecule has 0 aromatic rings. The van der Waals surface area contributed by atoms with Crippen LogP contribution in [0.1, 0.15) is 26.2 Å².